The van der Waals surface area contributed by atoms with Crippen LogP contribution in [0.4, 0.5) is 10.1 Å². The molecule has 0 spiro atoms. The number of rotatable bonds is 4. The lowest BCUT2D eigenvalue weighted by molar-refractivity contribution is 0.191. The van der Waals surface area contributed by atoms with E-state index in [-0.39, 0.29) is 5.82 Å². The van der Waals surface area contributed by atoms with Gasteiger partial charge in [0.25, 0.3) is 0 Å². The molecule has 2 N–H and O–H groups in total. The Balaban J connectivity index is 2.00. The van der Waals surface area contributed by atoms with Crippen LogP contribution in [0.5, 0.6) is 0 Å². The Morgan fingerprint density at radius 2 is 1.95 bits per heavy atom. The van der Waals surface area contributed by atoms with Gasteiger partial charge in [-0.25, -0.2) is 4.39 Å². The number of benzene rings is 2. The van der Waals surface area contributed by atoms with Crippen molar-refractivity contribution >= 4 is 37.5 Å². The molecule has 0 aromatic heterocycles. The van der Waals surface area contributed by atoms with Gasteiger partial charge in [-0.1, -0.05) is 28.1 Å². The molecule has 0 bridgehead atoms. The van der Waals surface area contributed by atoms with Crippen molar-refractivity contribution in [1.29, 1.82) is 0 Å². The maximum Gasteiger partial charge on any atom is 0.139 e. The van der Waals surface area contributed by atoms with E-state index in [1.807, 2.05) is 24.3 Å². The predicted molar refractivity (Wildman–Crippen MR) is 81.7 cm³/mol. The first-order valence-electron chi connectivity index (χ1n) is 5.69. The number of aliphatic hydroxyl groups is 1. The zero-order valence-corrected chi connectivity index (χ0v) is 13.1. The molecular formula is C14H12Br2FNO. The summed E-state index contributed by atoms with van der Waals surface area (Å²) in [7, 11) is 0. The molecule has 2 aromatic rings. The fourth-order valence-corrected chi connectivity index (χ4v) is 2.32. The lowest BCUT2D eigenvalue weighted by Crippen LogP contribution is -2.12. The summed E-state index contributed by atoms with van der Waals surface area (Å²) in [5.41, 5.74) is 1.44. The highest BCUT2D eigenvalue weighted by Crippen LogP contribution is 2.21. The molecule has 0 radical (unpaired) electrons. The van der Waals surface area contributed by atoms with E-state index in [0.29, 0.717) is 16.7 Å². The van der Waals surface area contributed by atoms with Crippen molar-refractivity contribution in [2.45, 2.75) is 6.10 Å². The summed E-state index contributed by atoms with van der Waals surface area (Å²) >= 11 is 6.45. The van der Waals surface area contributed by atoms with Crippen LogP contribution in [0.3, 0.4) is 0 Å². The maximum absolute atomic E-state index is 13.3. The fraction of sp³-hybridized carbons (Fsp3) is 0.143. The molecule has 0 heterocycles. The van der Waals surface area contributed by atoms with Gasteiger partial charge in [-0.15, -0.1) is 0 Å². The van der Waals surface area contributed by atoms with Crippen LogP contribution >= 0.6 is 31.9 Å². The zero-order valence-electron chi connectivity index (χ0n) is 9.91. The molecule has 2 aromatic carbocycles. The molecule has 0 aliphatic heterocycles. The standard InChI is InChI=1S/C14H12Br2FNO/c15-10-3-1-2-9(6-10)14(19)8-18-11-4-5-12(16)13(17)7-11/h1-7,14,18-19H,8H2. The Morgan fingerprint density at radius 1 is 1.16 bits per heavy atom. The van der Waals surface area contributed by atoms with E-state index in [1.54, 1.807) is 12.1 Å². The van der Waals surface area contributed by atoms with Crippen molar-refractivity contribution in [3.05, 3.63) is 62.8 Å². The molecule has 2 nitrogen and oxygen atoms in total. The quantitative estimate of drug-likeness (QED) is 0.808. The molecule has 0 aliphatic carbocycles. The first kappa shape index (κ1) is 14.5. The minimum absolute atomic E-state index is 0.317. The Kier molecular flexibility index (Phi) is 4.96. The highest BCUT2D eigenvalue weighted by Gasteiger charge is 2.08. The van der Waals surface area contributed by atoms with Crippen LogP contribution in [-0.2, 0) is 0 Å². The van der Waals surface area contributed by atoms with E-state index in [1.165, 1.54) is 6.07 Å². The van der Waals surface area contributed by atoms with Crippen LogP contribution in [0.25, 0.3) is 0 Å². The SMILES string of the molecule is OC(CNc1ccc(Br)c(F)c1)c1cccc(Br)c1. The topological polar surface area (TPSA) is 32.3 Å². The van der Waals surface area contributed by atoms with E-state index >= 15 is 0 Å². The Morgan fingerprint density at radius 3 is 2.63 bits per heavy atom. The average molecular weight is 389 g/mol. The second-order valence-corrected chi connectivity index (χ2v) is 5.85. The van der Waals surface area contributed by atoms with Crippen molar-refractivity contribution in [2.75, 3.05) is 11.9 Å². The molecule has 5 heteroatoms. The minimum Gasteiger partial charge on any atom is -0.387 e. The summed E-state index contributed by atoms with van der Waals surface area (Å²) in [5.74, 6) is -0.332. The maximum atomic E-state index is 13.3. The normalized spacial score (nSPS) is 12.2. The van der Waals surface area contributed by atoms with Gasteiger partial charge in [-0.05, 0) is 51.8 Å². The number of hydrogen-bond acceptors (Lipinski definition) is 2. The lowest BCUT2D eigenvalue weighted by Gasteiger charge is -2.13. The van der Waals surface area contributed by atoms with Gasteiger partial charge in [0.1, 0.15) is 5.82 Å². The molecular weight excluding hydrogens is 377 g/mol. The number of halogens is 3. The van der Waals surface area contributed by atoms with Crippen molar-refractivity contribution in [3.8, 4) is 0 Å². The summed E-state index contributed by atoms with van der Waals surface area (Å²) in [5, 5.41) is 13.0. The first-order chi connectivity index (χ1) is 9.06. The monoisotopic (exact) mass is 387 g/mol. The smallest absolute Gasteiger partial charge is 0.139 e. The van der Waals surface area contributed by atoms with Gasteiger partial charge < -0.3 is 10.4 Å². The average Bonchev–Trinajstić information content (AvgIpc) is 2.40. The van der Waals surface area contributed by atoms with E-state index in [0.717, 1.165) is 10.0 Å². The van der Waals surface area contributed by atoms with Crippen LogP contribution in [0, 0.1) is 5.82 Å². The highest BCUT2D eigenvalue weighted by atomic mass is 79.9. The molecule has 0 amide bonds. The summed E-state index contributed by atoms with van der Waals surface area (Å²) in [6.45, 7) is 0.317. The van der Waals surface area contributed by atoms with Crippen LogP contribution in [-0.4, -0.2) is 11.7 Å². The summed E-state index contributed by atoms with van der Waals surface area (Å²) in [6, 6.07) is 12.2. The van der Waals surface area contributed by atoms with Gasteiger partial charge in [-0.2, -0.15) is 0 Å². The van der Waals surface area contributed by atoms with Gasteiger partial charge >= 0.3 is 0 Å². The molecule has 0 fully saturated rings. The summed E-state index contributed by atoms with van der Waals surface area (Å²) in [6.07, 6.45) is -0.649. The number of nitrogens with one attached hydrogen (secondary N) is 1. The van der Waals surface area contributed by atoms with Crippen LogP contribution in [0.2, 0.25) is 0 Å². The summed E-state index contributed by atoms with van der Waals surface area (Å²) < 4.78 is 14.7. The van der Waals surface area contributed by atoms with Crippen molar-refractivity contribution in [3.63, 3.8) is 0 Å². The summed E-state index contributed by atoms with van der Waals surface area (Å²) in [4.78, 5) is 0. The van der Waals surface area contributed by atoms with E-state index in [2.05, 4.69) is 37.2 Å². The third kappa shape index (κ3) is 4.03. The molecule has 0 saturated carbocycles. The molecule has 100 valence electrons. The van der Waals surface area contributed by atoms with Crippen molar-refractivity contribution in [2.24, 2.45) is 0 Å². The molecule has 0 saturated heterocycles. The third-order valence-electron chi connectivity index (χ3n) is 2.65. The highest BCUT2D eigenvalue weighted by molar-refractivity contribution is 9.10. The van der Waals surface area contributed by atoms with Gasteiger partial charge in [0.15, 0.2) is 0 Å². The number of anilines is 1. The molecule has 0 aliphatic rings. The van der Waals surface area contributed by atoms with E-state index < -0.39 is 6.10 Å². The fourth-order valence-electron chi connectivity index (χ4n) is 1.65. The Hall–Kier alpha value is -0.910. The van der Waals surface area contributed by atoms with E-state index in [4.69, 9.17) is 0 Å². The van der Waals surface area contributed by atoms with Gasteiger partial charge in [-0.3, -0.25) is 0 Å². The zero-order chi connectivity index (χ0) is 13.8. The van der Waals surface area contributed by atoms with Crippen LogP contribution in [0.15, 0.2) is 51.4 Å². The third-order valence-corrected chi connectivity index (χ3v) is 3.79. The van der Waals surface area contributed by atoms with Crippen molar-refractivity contribution < 1.29 is 9.50 Å². The molecule has 1 atom stereocenters. The minimum atomic E-state index is -0.649. The molecule has 1 unspecified atom stereocenters. The Labute approximate surface area is 127 Å². The predicted octanol–water partition coefficient (Wildman–Crippen LogP) is 4.50. The van der Waals surface area contributed by atoms with Crippen LogP contribution in [0.1, 0.15) is 11.7 Å². The van der Waals surface area contributed by atoms with Gasteiger partial charge in [0, 0.05) is 16.7 Å². The van der Waals surface area contributed by atoms with Gasteiger partial charge in [0.05, 0.1) is 10.6 Å². The number of aliphatic hydroxyl groups excluding tert-OH is 1. The largest absolute Gasteiger partial charge is 0.387 e. The Bertz CT molecular complexity index is 577. The molecule has 2 rings (SSSR count). The van der Waals surface area contributed by atoms with Crippen molar-refractivity contribution in [1.82, 2.24) is 0 Å². The second-order valence-electron chi connectivity index (χ2n) is 4.08. The van der Waals surface area contributed by atoms with E-state index in [9.17, 15) is 9.50 Å². The van der Waals surface area contributed by atoms with Crippen LogP contribution < -0.4 is 5.32 Å². The second kappa shape index (κ2) is 6.50. The first-order valence-corrected chi connectivity index (χ1v) is 7.27. The lowest BCUT2D eigenvalue weighted by atomic mass is 10.1. The number of hydrogen-bond donors (Lipinski definition) is 2. The van der Waals surface area contributed by atoms with Gasteiger partial charge in [0.2, 0.25) is 0 Å². The molecule has 19 heavy (non-hydrogen) atoms.